The second-order valence-corrected chi connectivity index (χ2v) is 6.40. The molecule has 3 aromatic heterocycles. The third-order valence-corrected chi connectivity index (χ3v) is 4.62. The first-order valence-electron chi connectivity index (χ1n) is 7.95. The maximum Gasteiger partial charge on any atom is 0.322 e. The van der Waals surface area contributed by atoms with Crippen molar-refractivity contribution in [2.24, 2.45) is 7.05 Å². The van der Waals surface area contributed by atoms with E-state index in [-0.39, 0.29) is 17.7 Å². The maximum atomic E-state index is 12.1. The van der Waals surface area contributed by atoms with E-state index in [9.17, 15) is 4.79 Å². The molecule has 27 heavy (non-hydrogen) atoms. The summed E-state index contributed by atoms with van der Waals surface area (Å²) in [6, 6.07) is 12.9. The summed E-state index contributed by atoms with van der Waals surface area (Å²) in [4.78, 5) is 12.1. The lowest BCUT2D eigenvalue weighted by molar-refractivity contribution is -0.113. The highest BCUT2D eigenvalue weighted by atomic mass is 32.2. The van der Waals surface area contributed by atoms with Gasteiger partial charge in [0.05, 0.1) is 12.0 Å². The van der Waals surface area contributed by atoms with E-state index in [0.29, 0.717) is 22.6 Å². The van der Waals surface area contributed by atoms with Crippen LogP contribution >= 0.6 is 11.8 Å². The third-order valence-electron chi connectivity index (χ3n) is 3.60. The van der Waals surface area contributed by atoms with Crippen LogP contribution in [0.15, 0.2) is 62.7 Å². The smallest absolute Gasteiger partial charge is 0.322 e. The molecule has 10 heteroatoms. The maximum absolute atomic E-state index is 12.1. The van der Waals surface area contributed by atoms with Gasteiger partial charge >= 0.3 is 6.01 Å². The van der Waals surface area contributed by atoms with Gasteiger partial charge in [-0.05, 0) is 24.3 Å². The summed E-state index contributed by atoms with van der Waals surface area (Å²) in [7, 11) is 1.81. The fraction of sp³-hybridized carbons (Fsp3) is 0.118. The first-order valence-corrected chi connectivity index (χ1v) is 8.94. The third kappa shape index (κ3) is 3.75. The normalized spacial score (nSPS) is 10.9. The van der Waals surface area contributed by atoms with Gasteiger partial charge in [0.1, 0.15) is 0 Å². The highest BCUT2D eigenvalue weighted by Gasteiger charge is 2.16. The van der Waals surface area contributed by atoms with Gasteiger partial charge in [-0.2, -0.15) is 0 Å². The molecule has 1 aromatic carbocycles. The zero-order valence-electron chi connectivity index (χ0n) is 14.2. The van der Waals surface area contributed by atoms with Crippen molar-refractivity contribution in [2.75, 3.05) is 11.1 Å². The van der Waals surface area contributed by atoms with E-state index in [0.717, 1.165) is 5.56 Å². The molecule has 0 saturated carbocycles. The van der Waals surface area contributed by atoms with Gasteiger partial charge in [0.25, 0.3) is 0 Å². The quantitative estimate of drug-likeness (QED) is 0.507. The number of amides is 1. The van der Waals surface area contributed by atoms with Crippen LogP contribution in [-0.2, 0) is 11.8 Å². The molecule has 0 unspecified atom stereocenters. The molecule has 0 bridgehead atoms. The monoisotopic (exact) mass is 382 g/mol. The molecule has 136 valence electrons. The standard InChI is InChI=1S/C17H14N6O3S/c1-23-14(12-8-5-9-25-12)19-22-17(23)27-10-13(24)18-16-21-20-15(26-16)11-6-3-2-4-7-11/h2-9H,10H2,1H3,(H,18,21,24). The molecular weight excluding hydrogens is 368 g/mol. The van der Waals surface area contributed by atoms with Gasteiger partial charge < -0.3 is 13.4 Å². The topological polar surface area (TPSA) is 112 Å². The summed E-state index contributed by atoms with van der Waals surface area (Å²) in [6.45, 7) is 0. The molecule has 3 heterocycles. The minimum atomic E-state index is -0.286. The molecule has 0 radical (unpaired) electrons. The number of thioether (sulfide) groups is 1. The number of hydrogen-bond donors (Lipinski definition) is 1. The molecule has 0 fully saturated rings. The van der Waals surface area contributed by atoms with Crippen molar-refractivity contribution >= 4 is 23.7 Å². The zero-order chi connectivity index (χ0) is 18.6. The van der Waals surface area contributed by atoms with E-state index in [2.05, 4.69) is 25.7 Å². The average molecular weight is 382 g/mol. The second kappa shape index (κ2) is 7.46. The van der Waals surface area contributed by atoms with E-state index in [1.807, 2.05) is 37.4 Å². The van der Waals surface area contributed by atoms with Gasteiger partial charge in [-0.25, -0.2) is 0 Å². The summed E-state index contributed by atoms with van der Waals surface area (Å²) in [6.07, 6.45) is 1.57. The lowest BCUT2D eigenvalue weighted by Gasteiger charge is -2.02. The molecular formula is C17H14N6O3S. The summed E-state index contributed by atoms with van der Waals surface area (Å²) in [5.74, 6) is 1.38. The van der Waals surface area contributed by atoms with Gasteiger partial charge in [0, 0.05) is 12.6 Å². The molecule has 4 aromatic rings. The van der Waals surface area contributed by atoms with Crippen molar-refractivity contribution in [3.63, 3.8) is 0 Å². The van der Waals surface area contributed by atoms with Crippen LogP contribution in [-0.4, -0.2) is 36.6 Å². The summed E-state index contributed by atoms with van der Waals surface area (Å²) in [5, 5.41) is 19.1. The van der Waals surface area contributed by atoms with Gasteiger partial charge in [-0.15, -0.1) is 15.3 Å². The van der Waals surface area contributed by atoms with Gasteiger partial charge in [-0.3, -0.25) is 10.1 Å². The number of hydrogen-bond acceptors (Lipinski definition) is 8. The molecule has 0 saturated heterocycles. The first-order chi connectivity index (χ1) is 13.2. The summed E-state index contributed by atoms with van der Waals surface area (Å²) < 4.78 is 12.5. The number of nitrogens with zero attached hydrogens (tertiary/aromatic N) is 5. The molecule has 9 nitrogen and oxygen atoms in total. The SMILES string of the molecule is Cn1c(SCC(=O)Nc2nnc(-c3ccccc3)o2)nnc1-c1ccco1. The van der Waals surface area contributed by atoms with Crippen LogP contribution in [0.3, 0.4) is 0 Å². The van der Waals surface area contributed by atoms with E-state index in [1.165, 1.54) is 11.8 Å². The fourth-order valence-electron chi connectivity index (χ4n) is 2.32. The second-order valence-electron chi connectivity index (χ2n) is 5.46. The number of carbonyl (C=O) groups excluding carboxylic acids is 1. The zero-order valence-corrected chi connectivity index (χ0v) is 15.0. The Morgan fingerprint density at radius 1 is 1.11 bits per heavy atom. The summed E-state index contributed by atoms with van der Waals surface area (Å²) in [5.41, 5.74) is 0.782. The van der Waals surface area contributed by atoms with Gasteiger partial charge in [-0.1, -0.05) is 35.1 Å². The highest BCUT2D eigenvalue weighted by molar-refractivity contribution is 7.99. The van der Waals surface area contributed by atoms with Gasteiger partial charge in [0.15, 0.2) is 16.7 Å². The van der Waals surface area contributed by atoms with Crippen LogP contribution < -0.4 is 5.32 Å². The Morgan fingerprint density at radius 2 is 1.96 bits per heavy atom. The lowest BCUT2D eigenvalue weighted by Crippen LogP contribution is -2.14. The molecule has 1 N–H and O–H groups in total. The van der Waals surface area contributed by atoms with Gasteiger partial charge in [0.2, 0.25) is 11.8 Å². The number of rotatable bonds is 6. The Balaban J connectivity index is 1.36. The van der Waals surface area contributed by atoms with Crippen molar-refractivity contribution in [1.82, 2.24) is 25.0 Å². The predicted octanol–water partition coefficient (Wildman–Crippen LogP) is 2.86. The minimum absolute atomic E-state index is 0.0497. The lowest BCUT2D eigenvalue weighted by atomic mass is 10.2. The number of aromatic nitrogens is 5. The number of benzene rings is 1. The molecule has 0 aliphatic rings. The number of anilines is 1. The number of furan rings is 1. The molecule has 0 aliphatic carbocycles. The molecule has 0 aliphatic heterocycles. The van der Waals surface area contributed by atoms with Crippen LogP contribution in [0.25, 0.3) is 23.0 Å². The van der Waals surface area contributed by atoms with E-state index in [4.69, 9.17) is 8.83 Å². The molecule has 1 amide bonds. The van der Waals surface area contributed by atoms with Crippen molar-refractivity contribution in [1.29, 1.82) is 0 Å². The van der Waals surface area contributed by atoms with Crippen LogP contribution in [0.1, 0.15) is 0 Å². The van der Waals surface area contributed by atoms with E-state index in [1.54, 1.807) is 23.0 Å². The van der Waals surface area contributed by atoms with E-state index >= 15 is 0 Å². The average Bonchev–Trinajstić information content (AvgIpc) is 3.42. The highest BCUT2D eigenvalue weighted by Crippen LogP contribution is 2.23. The Hall–Kier alpha value is -3.40. The van der Waals surface area contributed by atoms with Crippen LogP contribution in [0.2, 0.25) is 0 Å². The van der Waals surface area contributed by atoms with Crippen LogP contribution in [0.4, 0.5) is 6.01 Å². The minimum Gasteiger partial charge on any atom is -0.461 e. The molecule has 0 spiro atoms. The van der Waals surface area contributed by atoms with Crippen molar-refractivity contribution in [3.8, 4) is 23.0 Å². The Bertz CT molecular complexity index is 1040. The van der Waals surface area contributed by atoms with Crippen molar-refractivity contribution in [2.45, 2.75) is 5.16 Å². The van der Waals surface area contributed by atoms with Crippen LogP contribution in [0, 0.1) is 0 Å². The Kier molecular flexibility index (Phi) is 4.71. The van der Waals surface area contributed by atoms with Crippen molar-refractivity contribution in [3.05, 3.63) is 48.7 Å². The largest absolute Gasteiger partial charge is 0.461 e. The molecule has 0 atom stereocenters. The Labute approximate surface area is 157 Å². The first kappa shape index (κ1) is 17.0. The number of carbonyl (C=O) groups is 1. The van der Waals surface area contributed by atoms with Crippen LogP contribution in [0.5, 0.6) is 0 Å². The van der Waals surface area contributed by atoms with Crippen molar-refractivity contribution < 1.29 is 13.6 Å². The fourth-order valence-corrected chi connectivity index (χ4v) is 3.03. The summed E-state index contributed by atoms with van der Waals surface area (Å²) >= 11 is 1.24. The Morgan fingerprint density at radius 3 is 2.74 bits per heavy atom. The number of nitrogens with one attached hydrogen (secondary N) is 1. The predicted molar refractivity (Wildman–Crippen MR) is 97.8 cm³/mol. The molecule has 4 rings (SSSR count). The van der Waals surface area contributed by atoms with E-state index < -0.39 is 0 Å².